The summed E-state index contributed by atoms with van der Waals surface area (Å²) in [6, 6.07) is 37.9. The van der Waals surface area contributed by atoms with Gasteiger partial charge in [-0.05, 0) is 34.2 Å². The molecule has 4 aromatic rings. The zero-order valence-electron chi connectivity index (χ0n) is 19.7. The maximum absolute atomic E-state index is 15.0. The molecule has 3 heteroatoms. The summed E-state index contributed by atoms with van der Waals surface area (Å²) in [5.41, 5.74) is 2.39. The van der Waals surface area contributed by atoms with Crippen LogP contribution in [0.1, 0.15) is 47.1 Å². The summed E-state index contributed by atoms with van der Waals surface area (Å²) in [5.74, 6) is -0.356. The van der Waals surface area contributed by atoms with Crippen LogP contribution in [0.5, 0.6) is 0 Å². The normalized spacial score (nSPS) is 22.2. The van der Waals surface area contributed by atoms with E-state index in [2.05, 4.69) is 19.1 Å². The van der Waals surface area contributed by atoms with Crippen molar-refractivity contribution >= 4 is 11.7 Å². The van der Waals surface area contributed by atoms with Gasteiger partial charge in [-0.2, -0.15) is 0 Å². The van der Waals surface area contributed by atoms with E-state index in [1.807, 2.05) is 108 Å². The van der Waals surface area contributed by atoms with E-state index in [1.165, 1.54) is 0 Å². The van der Waals surface area contributed by atoms with Crippen molar-refractivity contribution in [1.82, 2.24) is 4.90 Å². The van der Waals surface area contributed by atoms with Crippen LogP contribution in [0.25, 0.3) is 0 Å². The number of carbonyl (C=O) groups is 2. The number of Topliss-reactive ketones (excluding diaryl/α,β-unsaturated/α-hetero) is 1. The molecule has 1 spiro atoms. The largest absolute Gasteiger partial charge is 0.323 e. The molecule has 1 amide bonds. The first-order valence-corrected chi connectivity index (χ1v) is 12.3. The fourth-order valence-corrected chi connectivity index (χ4v) is 6.56. The number of β-lactam (4-membered cyclic amide) rings is 1. The Hall–Kier alpha value is -3.98. The SMILES string of the molecule is CCCN1C(=O)C(c2ccccc2)(c2ccccc2)[C@]12C(=O)[C@@H](c1ccccc1)c1ccccc12. The summed E-state index contributed by atoms with van der Waals surface area (Å²) >= 11 is 0. The highest BCUT2D eigenvalue weighted by atomic mass is 16.2. The number of nitrogens with zero attached hydrogens (tertiary/aromatic N) is 1. The molecule has 1 fully saturated rings. The number of benzene rings is 4. The lowest BCUT2D eigenvalue weighted by Gasteiger charge is -2.63. The van der Waals surface area contributed by atoms with E-state index in [-0.39, 0.29) is 11.7 Å². The molecule has 0 saturated carbocycles. The van der Waals surface area contributed by atoms with Gasteiger partial charge in [-0.1, -0.05) is 122 Å². The maximum Gasteiger partial charge on any atom is 0.242 e. The van der Waals surface area contributed by atoms with E-state index >= 15 is 0 Å². The van der Waals surface area contributed by atoms with Crippen LogP contribution >= 0.6 is 0 Å². The molecule has 0 radical (unpaired) electrons. The maximum atomic E-state index is 15.0. The molecule has 35 heavy (non-hydrogen) atoms. The van der Waals surface area contributed by atoms with Gasteiger partial charge in [0, 0.05) is 6.54 Å². The second kappa shape index (κ2) is 8.06. The van der Waals surface area contributed by atoms with Crippen LogP contribution in [-0.4, -0.2) is 23.1 Å². The third kappa shape index (κ3) is 2.61. The molecule has 0 N–H and O–H groups in total. The van der Waals surface area contributed by atoms with Gasteiger partial charge in [0.1, 0.15) is 5.41 Å². The van der Waals surface area contributed by atoms with Crippen molar-refractivity contribution < 1.29 is 9.59 Å². The first-order chi connectivity index (χ1) is 17.2. The molecule has 1 heterocycles. The minimum absolute atomic E-state index is 0.00591. The zero-order chi connectivity index (χ0) is 24.0. The van der Waals surface area contributed by atoms with Crippen LogP contribution < -0.4 is 0 Å². The summed E-state index contributed by atoms with van der Waals surface area (Å²) in [4.78, 5) is 31.2. The third-order valence-electron chi connectivity index (χ3n) is 7.79. The van der Waals surface area contributed by atoms with Crippen molar-refractivity contribution in [1.29, 1.82) is 0 Å². The Balaban J connectivity index is 1.73. The van der Waals surface area contributed by atoms with Gasteiger partial charge in [-0.3, -0.25) is 9.59 Å². The monoisotopic (exact) mass is 457 g/mol. The lowest BCUT2D eigenvalue weighted by Crippen LogP contribution is -2.80. The number of hydrogen-bond acceptors (Lipinski definition) is 2. The molecule has 1 aliphatic heterocycles. The summed E-state index contributed by atoms with van der Waals surface area (Å²) in [7, 11) is 0. The first-order valence-electron chi connectivity index (χ1n) is 12.3. The summed E-state index contributed by atoms with van der Waals surface area (Å²) in [6.45, 7) is 2.59. The number of ketones is 1. The van der Waals surface area contributed by atoms with Crippen LogP contribution in [0.2, 0.25) is 0 Å². The van der Waals surface area contributed by atoms with Gasteiger partial charge in [0.15, 0.2) is 11.3 Å². The zero-order valence-corrected chi connectivity index (χ0v) is 19.7. The van der Waals surface area contributed by atoms with E-state index in [0.717, 1.165) is 34.2 Å². The molecule has 1 saturated heterocycles. The molecule has 0 bridgehead atoms. The van der Waals surface area contributed by atoms with Crippen molar-refractivity contribution in [2.45, 2.75) is 30.2 Å². The van der Waals surface area contributed by atoms with Gasteiger partial charge in [0.05, 0.1) is 5.92 Å². The summed E-state index contributed by atoms with van der Waals surface area (Å²) in [5, 5.41) is 0. The van der Waals surface area contributed by atoms with Crippen molar-refractivity contribution in [3.05, 3.63) is 143 Å². The van der Waals surface area contributed by atoms with Crippen LogP contribution in [0.4, 0.5) is 0 Å². The van der Waals surface area contributed by atoms with Crippen LogP contribution in [0.15, 0.2) is 115 Å². The van der Waals surface area contributed by atoms with Crippen LogP contribution in [0, 0.1) is 0 Å². The molecule has 6 rings (SSSR count). The standard InChI is InChI=1S/C32H27NO2/c1-2-22-33-30(35)31(24-16-8-4-9-17-24,25-18-10-5-11-19-25)32(33)27-21-13-12-20-26(27)28(29(32)34)23-14-6-3-7-15-23/h3-21,28H,2,22H2,1H3/t28-,32-/m0/s1. The number of carbonyl (C=O) groups excluding carboxylic acids is 2. The van der Waals surface area contributed by atoms with Crippen molar-refractivity contribution in [2.24, 2.45) is 0 Å². The van der Waals surface area contributed by atoms with Crippen molar-refractivity contribution in [2.75, 3.05) is 6.54 Å². The first kappa shape index (κ1) is 21.5. The molecule has 3 nitrogen and oxygen atoms in total. The molecule has 0 unspecified atom stereocenters. The molecule has 2 atom stereocenters. The predicted molar refractivity (Wildman–Crippen MR) is 137 cm³/mol. The fraction of sp³-hybridized carbons (Fsp3) is 0.188. The molecule has 0 aromatic heterocycles. The molecule has 172 valence electrons. The van der Waals surface area contributed by atoms with E-state index in [1.54, 1.807) is 0 Å². The van der Waals surface area contributed by atoms with Gasteiger partial charge in [-0.25, -0.2) is 0 Å². The average molecular weight is 458 g/mol. The van der Waals surface area contributed by atoms with Gasteiger partial charge in [0.2, 0.25) is 5.91 Å². The topological polar surface area (TPSA) is 37.4 Å². The second-order valence-electron chi connectivity index (χ2n) is 9.44. The lowest BCUT2D eigenvalue weighted by atomic mass is 9.50. The summed E-state index contributed by atoms with van der Waals surface area (Å²) < 4.78 is 0. The van der Waals surface area contributed by atoms with Gasteiger partial charge in [0.25, 0.3) is 0 Å². The van der Waals surface area contributed by atoms with E-state index in [4.69, 9.17) is 0 Å². The Kier molecular flexibility index (Phi) is 4.96. The smallest absolute Gasteiger partial charge is 0.242 e. The van der Waals surface area contributed by atoms with E-state index in [0.29, 0.717) is 6.54 Å². The van der Waals surface area contributed by atoms with Gasteiger partial charge in [-0.15, -0.1) is 0 Å². The minimum Gasteiger partial charge on any atom is -0.323 e. The minimum atomic E-state index is -1.12. The average Bonchev–Trinajstić information content (AvgIpc) is 3.19. The number of amides is 1. The highest BCUT2D eigenvalue weighted by molar-refractivity contribution is 6.18. The highest BCUT2D eigenvalue weighted by Gasteiger charge is 2.79. The Labute approximate surface area is 206 Å². The second-order valence-corrected chi connectivity index (χ2v) is 9.44. The number of hydrogen-bond donors (Lipinski definition) is 0. The Bertz CT molecular complexity index is 1360. The number of likely N-dealkylation sites (tertiary alicyclic amines) is 1. The van der Waals surface area contributed by atoms with Gasteiger partial charge < -0.3 is 4.90 Å². The summed E-state index contributed by atoms with van der Waals surface area (Å²) in [6.07, 6.45) is 0.776. The number of rotatable bonds is 5. The van der Waals surface area contributed by atoms with Crippen molar-refractivity contribution in [3.63, 3.8) is 0 Å². The van der Waals surface area contributed by atoms with E-state index < -0.39 is 16.9 Å². The number of fused-ring (bicyclic) bond motifs is 2. The van der Waals surface area contributed by atoms with Gasteiger partial charge >= 0.3 is 0 Å². The Morgan fingerprint density at radius 2 is 1.20 bits per heavy atom. The quantitative estimate of drug-likeness (QED) is 0.353. The van der Waals surface area contributed by atoms with Crippen LogP contribution in [-0.2, 0) is 20.5 Å². The predicted octanol–water partition coefficient (Wildman–Crippen LogP) is 5.84. The van der Waals surface area contributed by atoms with Crippen molar-refractivity contribution in [3.8, 4) is 0 Å². The van der Waals surface area contributed by atoms with Crippen LogP contribution in [0.3, 0.4) is 0 Å². The molecule has 4 aromatic carbocycles. The Morgan fingerprint density at radius 3 is 1.77 bits per heavy atom. The molecular formula is C32H27NO2. The van der Waals surface area contributed by atoms with E-state index in [9.17, 15) is 9.59 Å². The molecular weight excluding hydrogens is 430 g/mol. The molecule has 2 aliphatic rings. The highest BCUT2D eigenvalue weighted by Crippen LogP contribution is 2.66. The fourth-order valence-electron chi connectivity index (χ4n) is 6.56. The molecule has 1 aliphatic carbocycles. The Morgan fingerprint density at radius 1 is 0.686 bits per heavy atom. The third-order valence-corrected chi connectivity index (χ3v) is 7.79. The lowest BCUT2D eigenvalue weighted by molar-refractivity contribution is -0.180.